The van der Waals surface area contributed by atoms with Gasteiger partial charge in [-0.05, 0) is 31.0 Å². The van der Waals surface area contributed by atoms with E-state index in [1.165, 1.54) is 25.1 Å². The zero-order chi connectivity index (χ0) is 26.1. The van der Waals surface area contributed by atoms with E-state index in [4.69, 9.17) is 0 Å². The van der Waals surface area contributed by atoms with Crippen LogP contribution in [0.4, 0.5) is 8.78 Å². The van der Waals surface area contributed by atoms with Crippen molar-refractivity contribution in [1.82, 2.24) is 10.2 Å². The lowest BCUT2D eigenvalue weighted by Crippen LogP contribution is -2.56. The number of likely N-dealkylation sites (tertiary alicyclic amines) is 1. The van der Waals surface area contributed by atoms with Gasteiger partial charge in [0.15, 0.2) is 6.10 Å². The van der Waals surface area contributed by atoms with E-state index in [0.717, 1.165) is 13.8 Å². The van der Waals surface area contributed by atoms with Gasteiger partial charge in [0.2, 0.25) is 0 Å². The Labute approximate surface area is 201 Å². The van der Waals surface area contributed by atoms with Crippen molar-refractivity contribution in [3.8, 4) is 5.75 Å². The van der Waals surface area contributed by atoms with Crippen LogP contribution in [0.15, 0.2) is 48.5 Å². The van der Waals surface area contributed by atoms with Crippen molar-refractivity contribution < 1.29 is 38.5 Å². The predicted molar refractivity (Wildman–Crippen MR) is 122 cm³/mol. The summed E-state index contributed by atoms with van der Waals surface area (Å²) < 4.78 is 29.3. The second-order valence-electron chi connectivity index (χ2n) is 9.30. The molecule has 1 fully saturated rings. The average Bonchev–Trinajstić information content (AvgIpc) is 2.98. The molecule has 2 aromatic carbocycles. The summed E-state index contributed by atoms with van der Waals surface area (Å²) in [5.74, 6) is -7.18. The molecular weight excluding hydrogens is 462 g/mol. The molecule has 188 valence electrons. The third-order valence-electron chi connectivity index (χ3n) is 6.62. The highest BCUT2D eigenvalue weighted by atomic mass is 19.3. The molecule has 4 N–H and O–H groups in total. The fourth-order valence-corrected chi connectivity index (χ4v) is 4.31. The number of hydrogen-bond donors (Lipinski definition) is 4. The molecule has 3 unspecified atom stereocenters. The number of rotatable bonds is 7. The van der Waals surface area contributed by atoms with Crippen LogP contribution in [0.3, 0.4) is 0 Å². The summed E-state index contributed by atoms with van der Waals surface area (Å²) in [6.45, 7) is 2.45. The SMILES string of the molecule is Cc1c(O)cccc1C(=O)NC(Cc1ccccc1)C(O)C(=O)N1CC(F)(F)C(C)(C)C1C(=O)O. The molecule has 1 aliphatic rings. The zero-order valence-electron chi connectivity index (χ0n) is 19.5. The van der Waals surface area contributed by atoms with E-state index >= 15 is 0 Å². The molecule has 2 amide bonds. The Bertz CT molecular complexity index is 1120. The number of alkyl halides is 2. The fourth-order valence-electron chi connectivity index (χ4n) is 4.31. The summed E-state index contributed by atoms with van der Waals surface area (Å²) in [7, 11) is 0. The minimum absolute atomic E-state index is 0.0390. The number of benzene rings is 2. The number of aliphatic carboxylic acids is 1. The van der Waals surface area contributed by atoms with Gasteiger partial charge in [-0.25, -0.2) is 13.6 Å². The molecule has 3 atom stereocenters. The topological polar surface area (TPSA) is 127 Å². The number of hydrogen-bond acceptors (Lipinski definition) is 5. The minimum Gasteiger partial charge on any atom is -0.508 e. The molecule has 1 heterocycles. The standard InChI is InChI=1S/C25H28F2N2O6/c1-14-16(10-7-11-18(14)30)21(32)28-17(12-15-8-5-4-6-9-15)19(31)22(33)29-13-25(26,27)24(2,3)20(29)23(34)35/h4-11,17,19-20,30-31H,12-13H2,1-3H3,(H,28,32)(H,34,35). The number of nitrogens with one attached hydrogen (secondary N) is 1. The van der Waals surface area contributed by atoms with Gasteiger partial charge in [-0.15, -0.1) is 0 Å². The second-order valence-corrected chi connectivity index (χ2v) is 9.30. The van der Waals surface area contributed by atoms with E-state index in [-0.39, 0.29) is 23.3 Å². The van der Waals surface area contributed by atoms with Crippen molar-refractivity contribution in [2.45, 2.75) is 51.3 Å². The number of aliphatic hydroxyl groups is 1. The molecule has 0 saturated carbocycles. The van der Waals surface area contributed by atoms with Crippen LogP contribution < -0.4 is 5.32 Å². The summed E-state index contributed by atoms with van der Waals surface area (Å²) >= 11 is 0. The molecular formula is C25H28F2N2O6. The normalized spacial score (nSPS) is 20.2. The molecule has 0 aliphatic carbocycles. The third-order valence-corrected chi connectivity index (χ3v) is 6.62. The van der Waals surface area contributed by atoms with E-state index in [1.54, 1.807) is 30.3 Å². The van der Waals surface area contributed by atoms with Crippen molar-refractivity contribution in [1.29, 1.82) is 0 Å². The summed E-state index contributed by atoms with van der Waals surface area (Å²) in [5.41, 5.74) is -1.07. The number of carboxylic acid groups (broad SMARTS) is 1. The van der Waals surface area contributed by atoms with Gasteiger partial charge < -0.3 is 25.5 Å². The molecule has 0 radical (unpaired) electrons. The highest BCUT2D eigenvalue weighted by Crippen LogP contribution is 2.48. The predicted octanol–water partition coefficient (Wildman–Crippen LogP) is 2.36. The van der Waals surface area contributed by atoms with Crippen molar-refractivity contribution >= 4 is 17.8 Å². The molecule has 2 aromatic rings. The van der Waals surface area contributed by atoms with E-state index in [2.05, 4.69) is 5.32 Å². The number of carboxylic acids is 1. The Kier molecular flexibility index (Phi) is 7.16. The highest BCUT2D eigenvalue weighted by Gasteiger charge is 2.65. The molecule has 3 rings (SSSR count). The summed E-state index contributed by atoms with van der Waals surface area (Å²) in [5, 5.41) is 33.0. The van der Waals surface area contributed by atoms with Gasteiger partial charge in [0.05, 0.1) is 18.0 Å². The van der Waals surface area contributed by atoms with Crippen molar-refractivity contribution in [3.05, 3.63) is 65.2 Å². The first kappa shape index (κ1) is 26.1. The maximum atomic E-state index is 14.6. The number of phenols is 1. The highest BCUT2D eigenvalue weighted by molar-refractivity contribution is 5.97. The van der Waals surface area contributed by atoms with Crippen molar-refractivity contribution in [2.24, 2.45) is 5.41 Å². The van der Waals surface area contributed by atoms with Crippen LogP contribution in [0.25, 0.3) is 0 Å². The molecule has 1 aliphatic heterocycles. The Morgan fingerprint density at radius 3 is 2.34 bits per heavy atom. The zero-order valence-corrected chi connectivity index (χ0v) is 19.5. The smallest absolute Gasteiger partial charge is 0.327 e. The van der Waals surface area contributed by atoms with Gasteiger partial charge >= 0.3 is 5.97 Å². The number of aliphatic hydroxyl groups excluding tert-OH is 1. The van der Waals surface area contributed by atoms with Crippen LogP contribution in [0.5, 0.6) is 5.75 Å². The quantitative estimate of drug-likeness (QED) is 0.472. The lowest BCUT2D eigenvalue weighted by molar-refractivity contribution is -0.156. The maximum Gasteiger partial charge on any atom is 0.327 e. The minimum atomic E-state index is -3.51. The van der Waals surface area contributed by atoms with Crippen LogP contribution in [-0.4, -0.2) is 68.7 Å². The molecule has 35 heavy (non-hydrogen) atoms. The van der Waals surface area contributed by atoms with Crippen LogP contribution in [-0.2, 0) is 16.0 Å². The monoisotopic (exact) mass is 490 g/mol. The number of nitrogens with zero attached hydrogens (tertiary/aromatic N) is 1. The fraction of sp³-hybridized carbons (Fsp3) is 0.400. The number of amides is 2. The molecule has 0 aromatic heterocycles. The molecule has 0 bridgehead atoms. The first-order valence-corrected chi connectivity index (χ1v) is 11.0. The Morgan fingerprint density at radius 1 is 1.11 bits per heavy atom. The maximum absolute atomic E-state index is 14.6. The number of halogens is 2. The first-order valence-electron chi connectivity index (χ1n) is 11.0. The lowest BCUT2D eigenvalue weighted by Gasteiger charge is -2.32. The molecule has 1 saturated heterocycles. The largest absolute Gasteiger partial charge is 0.508 e. The van der Waals surface area contributed by atoms with Gasteiger partial charge in [-0.2, -0.15) is 0 Å². The lowest BCUT2D eigenvalue weighted by atomic mass is 9.81. The molecule has 8 nitrogen and oxygen atoms in total. The van der Waals surface area contributed by atoms with Gasteiger partial charge in [-0.3, -0.25) is 9.59 Å². The molecule has 10 heteroatoms. The number of aromatic hydroxyl groups is 1. The van der Waals surface area contributed by atoms with E-state index in [0.29, 0.717) is 10.5 Å². The number of phenolic OH excluding ortho intramolecular Hbond substituents is 1. The first-order chi connectivity index (χ1) is 16.3. The van der Waals surface area contributed by atoms with Gasteiger partial charge in [-0.1, -0.05) is 50.2 Å². The Hall–Kier alpha value is -3.53. The van der Waals surface area contributed by atoms with Gasteiger partial charge in [0.25, 0.3) is 17.7 Å². The Morgan fingerprint density at radius 2 is 1.74 bits per heavy atom. The molecule has 0 spiro atoms. The van der Waals surface area contributed by atoms with E-state index < -0.39 is 53.9 Å². The number of carbonyl (C=O) groups excluding carboxylic acids is 2. The van der Waals surface area contributed by atoms with Crippen LogP contribution >= 0.6 is 0 Å². The van der Waals surface area contributed by atoms with Crippen LogP contribution in [0, 0.1) is 12.3 Å². The summed E-state index contributed by atoms with van der Waals surface area (Å²) in [4.78, 5) is 38.5. The third kappa shape index (κ3) is 4.97. The number of carbonyl (C=O) groups is 3. The second kappa shape index (κ2) is 9.61. The summed E-state index contributed by atoms with van der Waals surface area (Å²) in [6, 6.07) is 9.73. The van der Waals surface area contributed by atoms with Crippen LogP contribution in [0.1, 0.15) is 35.3 Å². The summed E-state index contributed by atoms with van der Waals surface area (Å²) in [6.07, 6.45) is -2.05. The average molecular weight is 491 g/mol. The van der Waals surface area contributed by atoms with Crippen molar-refractivity contribution in [3.63, 3.8) is 0 Å². The van der Waals surface area contributed by atoms with Crippen molar-refractivity contribution in [2.75, 3.05) is 6.54 Å². The van der Waals surface area contributed by atoms with Gasteiger partial charge in [0, 0.05) is 11.1 Å². The van der Waals surface area contributed by atoms with E-state index in [9.17, 15) is 38.5 Å². The van der Waals surface area contributed by atoms with Crippen LogP contribution in [0.2, 0.25) is 0 Å². The van der Waals surface area contributed by atoms with Gasteiger partial charge in [0.1, 0.15) is 11.8 Å². The van der Waals surface area contributed by atoms with E-state index in [1.807, 2.05) is 0 Å². The Balaban J connectivity index is 1.93.